The van der Waals surface area contributed by atoms with Crippen molar-refractivity contribution in [3.63, 3.8) is 0 Å². The monoisotopic (exact) mass is 275 g/mol. The van der Waals surface area contributed by atoms with E-state index in [1.807, 2.05) is 0 Å². The average Bonchev–Trinajstić information content (AvgIpc) is 2.72. The van der Waals surface area contributed by atoms with Gasteiger partial charge in [0, 0.05) is 12.1 Å². The Morgan fingerprint density at radius 1 is 1.10 bits per heavy atom. The average molecular weight is 275 g/mol. The Bertz CT molecular complexity index is 778. The molecule has 0 saturated carbocycles. The van der Waals surface area contributed by atoms with E-state index in [4.69, 9.17) is 10.5 Å². The summed E-state index contributed by atoms with van der Waals surface area (Å²) in [4.78, 5) is 4.17. The second-order valence-electron chi connectivity index (χ2n) is 4.29. The lowest BCUT2D eigenvalue weighted by molar-refractivity contribution is 0.415. The normalized spacial score (nSPS) is 10.9. The molecule has 0 amide bonds. The molecule has 102 valence electrons. The van der Waals surface area contributed by atoms with Crippen molar-refractivity contribution in [1.29, 1.82) is 0 Å². The fourth-order valence-electron chi connectivity index (χ4n) is 2.15. The van der Waals surface area contributed by atoms with Crippen molar-refractivity contribution >= 4 is 17.0 Å². The quantitative estimate of drug-likeness (QED) is 0.782. The van der Waals surface area contributed by atoms with Crippen LogP contribution in [0.25, 0.3) is 16.7 Å². The number of anilines is 1. The van der Waals surface area contributed by atoms with Gasteiger partial charge in [0.1, 0.15) is 17.4 Å². The van der Waals surface area contributed by atoms with Gasteiger partial charge in [0.15, 0.2) is 0 Å². The zero-order valence-electron chi connectivity index (χ0n) is 10.6. The number of rotatable bonds is 2. The highest BCUT2D eigenvalue weighted by Gasteiger charge is 2.12. The minimum Gasteiger partial charge on any atom is -0.497 e. The maximum absolute atomic E-state index is 13.3. The van der Waals surface area contributed by atoms with Gasteiger partial charge in [0.05, 0.1) is 23.8 Å². The van der Waals surface area contributed by atoms with Crippen LogP contribution in [0.3, 0.4) is 0 Å². The number of nitrogens with two attached hydrogens (primary N) is 1. The lowest BCUT2D eigenvalue weighted by Crippen LogP contribution is -2.01. The van der Waals surface area contributed by atoms with Gasteiger partial charge in [-0.2, -0.15) is 0 Å². The Labute approximate surface area is 113 Å². The molecule has 0 atom stereocenters. The predicted octanol–water partition coefficient (Wildman–Crippen LogP) is 2.89. The van der Waals surface area contributed by atoms with Gasteiger partial charge < -0.3 is 10.5 Å². The topological polar surface area (TPSA) is 53.1 Å². The Morgan fingerprint density at radius 3 is 2.45 bits per heavy atom. The summed E-state index contributed by atoms with van der Waals surface area (Å²) in [6.45, 7) is 0. The van der Waals surface area contributed by atoms with E-state index in [0.717, 1.165) is 6.07 Å². The van der Waals surface area contributed by atoms with E-state index in [9.17, 15) is 8.78 Å². The number of halogens is 2. The summed E-state index contributed by atoms with van der Waals surface area (Å²) in [7, 11) is 1.55. The first kappa shape index (κ1) is 12.4. The molecular weight excluding hydrogens is 264 g/mol. The van der Waals surface area contributed by atoms with E-state index in [0.29, 0.717) is 16.8 Å². The lowest BCUT2D eigenvalue weighted by atomic mass is 10.2. The summed E-state index contributed by atoms with van der Waals surface area (Å²) < 4.78 is 33.3. The van der Waals surface area contributed by atoms with E-state index < -0.39 is 11.6 Å². The third-order valence-electron chi connectivity index (χ3n) is 2.99. The van der Waals surface area contributed by atoms with Crippen LogP contribution in [0.4, 0.5) is 14.7 Å². The van der Waals surface area contributed by atoms with Gasteiger partial charge in [-0.25, -0.2) is 13.8 Å². The highest BCUT2D eigenvalue weighted by atomic mass is 19.1. The van der Waals surface area contributed by atoms with Gasteiger partial charge in [-0.15, -0.1) is 0 Å². The number of benzene rings is 2. The molecule has 0 aliphatic carbocycles. The highest BCUT2D eigenvalue weighted by molar-refractivity contribution is 5.82. The van der Waals surface area contributed by atoms with Crippen LogP contribution in [-0.2, 0) is 0 Å². The molecule has 3 rings (SSSR count). The summed E-state index contributed by atoms with van der Waals surface area (Å²) >= 11 is 0. The van der Waals surface area contributed by atoms with Crippen LogP contribution in [0.15, 0.2) is 36.4 Å². The molecule has 0 unspecified atom stereocenters. The predicted molar refractivity (Wildman–Crippen MR) is 72.0 cm³/mol. The van der Waals surface area contributed by atoms with Crippen LogP contribution in [0.1, 0.15) is 0 Å². The summed E-state index contributed by atoms with van der Waals surface area (Å²) in [5.41, 5.74) is 7.36. The zero-order chi connectivity index (χ0) is 14.3. The summed E-state index contributed by atoms with van der Waals surface area (Å²) in [6, 6.07) is 8.38. The van der Waals surface area contributed by atoms with E-state index in [1.54, 1.807) is 25.3 Å². The molecule has 1 aromatic heterocycles. The van der Waals surface area contributed by atoms with Crippen LogP contribution < -0.4 is 10.5 Å². The van der Waals surface area contributed by atoms with E-state index in [-0.39, 0.29) is 11.6 Å². The Kier molecular flexibility index (Phi) is 2.78. The zero-order valence-corrected chi connectivity index (χ0v) is 10.6. The third kappa shape index (κ3) is 1.95. The first-order valence-electron chi connectivity index (χ1n) is 5.87. The summed E-state index contributed by atoms with van der Waals surface area (Å²) in [5.74, 6) is -0.560. The van der Waals surface area contributed by atoms with Crippen LogP contribution >= 0.6 is 0 Å². The SMILES string of the molecule is COc1ccc2c(c1)nc(N)n2-c1cc(F)cc(F)c1. The number of ether oxygens (including phenoxy) is 1. The minimum absolute atomic E-state index is 0.151. The van der Waals surface area contributed by atoms with Gasteiger partial charge in [-0.1, -0.05) is 0 Å². The molecule has 1 heterocycles. The number of hydrogen-bond acceptors (Lipinski definition) is 3. The number of nitrogen functional groups attached to an aromatic ring is 1. The molecule has 0 aliphatic heterocycles. The molecule has 0 spiro atoms. The first-order valence-corrected chi connectivity index (χ1v) is 5.87. The minimum atomic E-state index is -0.672. The fraction of sp³-hybridized carbons (Fsp3) is 0.0714. The largest absolute Gasteiger partial charge is 0.497 e. The fourth-order valence-corrected chi connectivity index (χ4v) is 2.15. The third-order valence-corrected chi connectivity index (χ3v) is 2.99. The molecule has 0 aliphatic rings. The molecule has 0 fully saturated rings. The van der Waals surface area contributed by atoms with Crippen LogP contribution in [0.5, 0.6) is 5.75 Å². The second-order valence-corrected chi connectivity index (χ2v) is 4.29. The number of imidazole rings is 1. The summed E-state index contributed by atoms with van der Waals surface area (Å²) in [5, 5.41) is 0. The van der Waals surface area contributed by atoms with Crippen LogP contribution in [0.2, 0.25) is 0 Å². The Balaban J connectivity index is 2.27. The van der Waals surface area contributed by atoms with Crippen molar-refractivity contribution in [2.45, 2.75) is 0 Å². The van der Waals surface area contributed by atoms with Crippen molar-refractivity contribution < 1.29 is 13.5 Å². The van der Waals surface area contributed by atoms with E-state index in [1.165, 1.54) is 16.7 Å². The Hall–Kier alpha value is -2.63. The first-order chi connectivity index (χ1) is 9.58. The molecule has 2 aromatic carbocycles. The maximum atomic E-state index is 13.3. The van der Waals surface area contributed by atoms with E-state index >= 15 is 0 Å². The van der Waals surface area contributed by atoms with Gasteiger partial charge in [0.25, 0.3) is 0 Å². The van der Waals surface area contributed by atoms with Crippen molar-refractivity contribution in [3.8, 4) is 11.4 Å². The maximum Gasteiger partial charge on any atom is 0.205 e. The van der Waals surface area contributed by atoms with Gasteiger partial charge in [-0.05, 0) is 24.3 Å². The highest BCUT2D eigenvalue weighted by Crippen LogP contribution is 2.26. The molecule has 0 saturated heterocycles. The van der Waals surface area contributed by atoms with Crippen molar-refractivity contribution in [2.24, 2.45) is 0 Å². The van der Waals surface area contributed by atoms with Crippen LogP contribution in [-0.4, -0.2) is 16.7 Å². The number of nitrogens with zero attached hydrogens (tertiary/aromatic N) is 2. The standard InChI is InChI=1S/C14H11F2N3O/c1-20-11-2-3-13-12(7-11)18-14(17)19(13)10-5-8(15)4-9(16)6-10/h2-7H,1H3,(H2,17,18). The molecule has 0 bridgehead atoms. The molecule has 3 aromatic rings. The molecule has 2 N–H and O–H groups in total. The Morgan fingerprint density at radius 2 is 1.80 bits per heavy atom. The molecule has 4 nitrogen and oxygen atoms in total. The van der Waals surface area contributed by atoms with Crippen LogP contribution in [0, 0.1) is 11.6 Å². The number of aromatic nitrogens is 2. The van der Waals surface area contributed by atoms with Crippen molar-refractivity contribution in [2.75, 3.05) is 12.8 Å². The number of fused-ring (bicyclic) bond motifs is 1. The summed E-state index contributed by atoms with van der Waals surface area (Å²) in [6.07, 6.45) is 0. The molecule has 20 heavy (non-hydrogen) atoms. The number of methoxy groups -OCH3 is 1. The lowest BCUT2D eigenvalue weighted by Gasteiger charge is -2.07. The molecule has 6 heteroatoms. The molecular formula is C14H11F2N3O. The van der Waals surface area contributed by atoms with Crippen molar-refractivity contribution in [3.05, 3.63) is 48.0 Å². The molecule has 0 radical (unpaired) electrons. The van der Waals surface area contributed by atoms with Crippen molar-refractivity contribution in [1.82, 2.24) is 9.55 Å². The van der Waals surface area contributed by atoms with E-state index in [2.05, 4.69) is 4.98 Å². The van der Waals surface area contributed by atoms with Gasteiger partial charge in [0.2, 0.25) is 5.95 Å². The smallest absolute Gasteiger partial charge is 0.205 e. The van der Waals surface area contributed by atoms with Gasteiger partial charge >= 0.3 is 0 Å². The van der Waals surface area contributed by atoms with Gasteiger partial charge in [-0.3, -0.25) is 4.57 Å². The number of hydrogen-bond donors (Lipinski definition) is 1. The second kappa shape index (κ2) is 4.48.